The molecule has 19 heavy (non-hydrogen) atoms. The van der Waals surface area contributed by atoms with Gasteiger partial charge in [0.1, 0.15) is 0 Å². The minimum Gasteiger partial charge on any atom is -0.369 e. The van der Waals surface area contributed by atoms with Crippen LogP contribution >= 0.6 is 0 Å². The molecule has 0 aliphatic carbocycles. The van der Waals surface area contributed by atoms with E-state index in [1.54, 1.807) is 0 Å². The molecule has 1 aliphatic rings. The first-order valence-corrected chi connectivity index (χ1v) is 7.05. The monoisotopic (exact) mass is 255 g/mol. The van der Waals surface area contributed by atoms with Crippen molar-refractivity contribution in [3.63, 3.8) is 0 Å². The zero-order valence-electron chi connectivity index (χ0n) is 11.7. The number of anilines is 1. The first kappa shape index (κ1) is 12.4. The normalized spacial score (nSPS) is 19.9. The van der Waals surface area contributed by atoms with Gasteiger partial charge in [-0.1, -0.05) is 11.6 Å². The van der Waals surface area contributed by atoms with Crippen LogP contribution in [0.25, 0.3) is 10.9 Å². The van der Waals surface area contributed by atoms with Gasteiger partial charge in [-0.15, -0.1) is 0 Å². The van der Waals surface area contributed by atoms with Crippen molar-refractivity contribution in [2.75, 3.05) is 25.0 Å². The quantitative estimate of drug-likeness (QED) is 0.894. The van der Waals surface area contributed by atoms with Crippen LogP contribution in [0.2, 0.25) is 0 Å². The van der Waals surface area contributed by atoms with Gasteiger partial charge in [0.25, 0.3) is 0 Å². The number of benzene rings is 1. The number of aromatic nitrogens is 1. The highest BCUT2D eigenvalue weighted by Gasteiger charge is 2.18. The molecule has 1 fully saturated rings. The summed E-state index contributed by atoms with van der Waals surface area (Å²) >= 11 is 0. The van der Waals surface area contributed by atoms with Gasteiger partial charge >= 0.3 is 0 Å². The first-order valence-electron chi connectivity index (χ1n) is 7.05. The third kappa shape index (κ3) is 2.56. The van der Waals surface area contributed by atoms with Crippen LogP contribution in [0, 0.1) is 6.92 Å². The summed E-state index contributed by atoms with van der Waals surface area (Å²) in [5, 5.41) is 4.63. The molecular weight excluding hydrogens is 234 g/mol. The van der Waals surface area contributed by atoms with E-state index >= 15 is 0 Å². The number of fused-ring (bicyclic) bond motifs is 1. The van der Waals surface area contributed by atoms with Crippen LogP contribution in [0.1, 0.15) is 18.4 Å². The molecule has 0 amide bonds. The topological polar surface area (TPSA) is 28.2 Å². The van der Waals surface area contributed by atoms with Crippen molar-refractivity contribution in [2.45, 2.75) is 25.8 Å². The van der Waals surface area contributed by atoms with E-state index in [0.717, 1.165) is 18.6 Å². The van der Waals surface area contributed by atoms with Crippen LogP contribution in [0.15, 0.2) is 30.5 Å². The van der Waals surface area contributed by atoms with Gasteiger partial charge in [0.15, 0.2) is 0 Å². The number of pyridine rings is 1. The second-order valence-electron chi connectivity index (χ2n) is 5.46. The summed E-state index contributed by atoms with van der Waals surface area (Å²) in [4.78, 5) is 7.03. The smallest absolute Gasteiger partial charge is 0.0703 e. The van der Waals surface area contributed by atoms with Crippen LogP contribution in [0.4, 0.5) is 5.69 Å². The second kappa shape index (κ2) is 5.17. The highest BCUT2D eigenvalue weighted by molar-refractivity contribution is 5.82. The lowest BCUT2D eigenvalue weighted by atomic mass is 10.0. The van der Waals surface area contributed by atoms with Crippen molar-refractivity contribution in [3.8, 4) is 0 Å². The zero-order chi connectivity index (χ0) is 13.2. The van der Waals surface area contributed by atoms with E-state index in [9.17, 15) is 0 Å². The summed E-state index contributed by atoms with van der Waals surface area (Å²) in [6.07, 6.45) is 4.53. The number of likely N-dealkylation sites (N-methyl/N-ethyl adjacent to an activating group) is 1. The van der Waals surface area contributed by atoms with Crippen molar-refractivity contribution < 1.29 is 0 Å². The SMILES string of the molecule is CNC1CCCN(c2cnc3ccc(C)cc3c2)C1. The average molecular weight is 255 g/mol. The van der Waals surface area contributed by atoms with Gasteiger partial charge < -0.3 is 10.2 Å². The minimum atomic E-state index is 0.599. The van der Waals surface area contributed by atoms with Gasteiger partial charge in [-0.25, -0.2) is 0 Å². The van der Waals surface area contributed by atoms with E-state index in [1.807, 2.05) is 6.20 Å². The molecular formula is C16H21N3. The summed E-state index contributed by atoms with van der Waals surface area (Å²) < 4.78 is 0. The van der Waals surface area contributed by atoms with Crippen molar-refractivity contribution in [1.82, 2.24) is 10.3 Å². The molecule has 0 bridgehead atoms. The van der Waals surface area contributed by atoms with Crippen molar-refractivity contribution in [3.05, 3.63) is 36.0 Å². The van der Waals surface area contributed by atoms with Crippen LogP contribution in [0.5, 0.6) is 0 Å². The molecule has 0 saturated carbocycles. The summed E-state index contributed by atoms with van der Waals surface area (Å²) in [6.45, 7) is 4.34. The molecule has 1 aromatic heterocycles. The second-order valence-corrected chi connectivity index (χ2v) is 5.46. The molecule has 1 unspecified atom stereocenters. The Morgan fingerprint density at radius 1 is 1.32 bits per heavy atom. The maximum absolute atomic E-state index is 4.59. The molecule has 1 saturated heterocycles. The lowest BCUT2D eigenvalue weighted by molar-refractivity contribution is 0.449. The van der Waals surface area contributed by atoms with Crippen LogP contribution in [0.3, 0.4) is 0 Å². The predicted molar refractivity (Wildman–Crippen MR) is 80.8 cm³/mol. The Hall–Kier alpha value is -1.61. The highest BCUT2D eigenvalue weighted by atomic mass is 15.2. The number of piperidine rings is 1. The molecule has 2 heterocycles. The molecule has 0 radical (unpaired) electrons. The van der Waals surface area contributed by atoms with E-state index < -0.39 is 0 Å². The Kier molecular flexibility index (Phi) is 3.38. The molecule has 0 spiro atoms. The highest BCUT2D eigenvalue weighted by Crippen LogP contribution is 2.23. The number of nitrogens with one attached hydrogen (secondary N) is 1. The van der Waals surface area contributed by atoms with E-state index in [2.05, 4.69) is 53.4 Å². The Balaban J connectivity index is 1.91. The largest absolute Gasteiger partial charge is 0.369 e. The fourth-order valence-electron chi connectivity index (χ4n) is 2.86. The molecule has 3 heteroatoms. The summed E-state index contributed by atoms with van der Waals surface area (Å²) in [5.74, 6) is 0. The van der Waals surface area contributed by atoms with Gasteiger partial charge in [-0.05, 0) is 45.0 Å². The van der Waals surface area contributed by atoms with Crippen LogP contribution in [-0.4, -0.2) is 31.2 Å². The number of hydrogen-bond donors (Lipinski definition) is 1. The standard InChI is InChI=1S/C16H21N3/c1-12-5-6-16-13(8-12)9-15(10-18-16)19-7-3-4-14(11-19)17-2/h5-6,8-10,14,17H,3-4,7,11H2,1-2H3. The fourth-order valence-corrected chi connectivity index (χ4v) is 2.86. The minimum absolute atomic E-state index is 0.599. The lowest BCUT2D eigenvalue weighted by Gasteiger charge is -2.34. The summed E-state index contributed by atoms with van der Waals surface area (Å²) in [5.41, 5.74) is 3.62. The van der Waals surface area contributed by atoms with Gasteiger partial charge in [-0.3, -0.25) is 4.98 Å². The van der Waals surface area contributed by atoms with Gasteiger partial charge in [-0.2, -0.15) is 0 Å². The van der Waals surface area contributed by atoms with E-state index in [-0.39, 0.29) is 0 Å². The molecule has 1 aliphatic heterocycles. The maximum Gasteiger partial charge on any atom is 0.0703 e. The van der Waals surface area contributed by atoms with E-state index in [4.69, 9.17) is 0 Å². The maximum atomic E-state index is 4.59. The Morgan fingerprint density at radius 2 is 2.21 bits per heavy atom. The summed E-state index contributed by atoms with van der Waals surface area (Å²) in [6, 6.07) is 9.30. The average Bonchev–Trinajstić information content (AvgIpc) is 2.46. The van der Waals surface area contributed by atoms with Gasteiger partial charge in [0, 0.05) is 24.5 Å². The predicted octanol–water partition coefficient (Wildman–Crippen LogP) is 2.73. The molecule has 1 atom stereocenters. The number of hydrogen-bond acceptors (Lipinski definition) is 3. The van der Waals surface area contributed by atoms with Crippen LogP contribution in [-0.2, 0) is 0 Å². The molecule has 1 aromatic carbocycles. The van der Waals surface area contributed by atoms with Crippen molar-refractivity contribution in [1.29, 1.82) is 0 Å². The lowest BCUT2D eigenvalue weighted by Crippen LogP contribution is -2.44. The number of rotatable bonds is 2. The molecule has 2 aromatic rings. The molecule has 3 rings (SSSR count). The third-order valence-corrected chi connectivity index (χ3v) is 4.02. The zero-order valence-corrected chi connectivity index (χ0v) is 11.7. The Labute approximate surface area is 114 Å². The molecule has 100 valence electrons. The molecule has 3 nitrogen and oxygen atoms in total. The van der Waals surface area contributed by atoms with Gasteiger partial charge in [0.05, 0.1) is 17.4 Å². The number of nitrogens with zero attached hydrogens (tertiary/aromatic N) is 2. The third-order valence-electron chi connectivity index (χ3n) is 4.02. The van der Waals surface area contributed by atoms with Gasteiger partial charge in [0.2, 0.25) is 0 Å². The van der Waals surface area contributed by atoms with Crippen molar-refractivity contribution in [2.24, 2.45) is 0 Å². The van der Waals surface area contributed by atoms with Crippen LogP contribution < -0.4 is 10.2 Å². The summed E-state index contributed by atoms with van der Waals surface area (Å²) in [7, 11) is 2.05. The fraction of sp³-hybridized carbons (Fsp3) is 0.438. The first-order chi connectivity index (χ1) is 9.26. The Morgan fingerprint density at radius 3 is 3.05 bits per heavy atom. The van der Waals surface area contributed by atoms with Crippen molar-refractivity contribution >= 4 is 16.6 Å². The Bertz CT molecular complexity index is 579. The van der Waals surface area contributed by atoms with E-state index in [1.165, 1.54) is 29.5 Å². The van der Waals surface area contributed by atoms with E-state index in [0.29, 0.717) is 6.04 Å². The molecule has 1 N–H and O–H groups in total. The number of aryl methyl sites for hydroxylation is 1.